The van der Waals surface area contributed by atoms with Crippen LogP contribution in [0.2, 0.25) is 0 Å². The maximum absolute atomic E-state index is 5.65. The smallest absolute Gasteiger partial charge is 0.123 e. The number of likely N-dealkylation sites (N-methyl/N-ethyl adjacent to an activating group) is 1. The van der Waals surface area contributed by atoms with Gasteiger partial charge in [-0.25, -0.2) is 0 Å². The van der Waals surface area contributed by atoms with Gasteiger partial charge in [0, 0.05) is 50.9 Å². The number of hydrogen-bond acceptors (Lipinski definition) is 4. The van der Waals surface area contributed by atoms with E-state index in [1.54, 1.807) is 7.11 Å². The molecule has 1 saturated heterocycles. The van der Waals surface area contributed by atoms with Crippen molar-refractivity contribution in [1.29, 1.82) is 0 Å². The summed E-state index contributed by atoms with van der Waals surface area (Å²) < 4.78 is 5.65. The van der Waals surface area contributed by atoms with Crippen molar-refractivity contribution in [2.45, 2.75) is 32.5 Å². The van der Waals surface area contributed by atoms with Gasteiger partial charge >= 0.3 is 0 Å². The summed E-state index contributed by atoms with van der Waals surface area (Å²) in [7, 11) is 3.99. The molecule has 0 aliphatic carbocycles. The van der Waals surface area contributed by atoms with Crippen LogP contribution in [-0.2, 0) is 19.5 Å². The second-order valence-electron chi connectivity index (χ2n) is 6.43. The van der Waals surface area contributed by atoms with Gasteiger partial charge in [-0.15, -0.1) is 0 Å². The zero-order chi connectivity index (χ0) is 14.8. The highest BCUT2D eigenvalue weighted by Gasteiger charge is 2.22. The van der Waals surface area contributed by atoms with Crippen molar-refractivity contribution in [3.63, 3.8) is 0 Å². The number of benzene rings is 1. The van der Waals surface area contributed by atoms with E-state index in [2.05, 4.69) is 41.2 Å². The fourth-order valence-electron chi connectivity index (χ4n) is 3.38. The normalized spacial score (nSPS) is 23.9. The highest BCUT2D eigenvalue weighted by atomic mass is 16.5. The Kier molecular flexibility index (Phi) is 4.48. The lowest BCUT2D eigenvalue weighted by molar-refractivity contribution is 0.225. The van der Waals surface area contributed by atoms with Crippen LogP contribution in [-0.4, -0.2) is 56.2 Å². The van der Waals surface area contributed by atoms with Crippen LogP contribution < -0.4 is 10.1 Å². The van der Waals surface area contributed by atoms with Gasteiger partial charge in [0.15, 0.2) is 0 Å². The van der Waals surface area contributed by atoms with Crippen molar-refractivity contribution in [2.75, 3.05) is 40.3 Å². The number of ether oxygens (including phenoxy) is 1. The van der Waals surface area contributed by atoms with Gasteiger partial charge in [-0.2, -0.15) is 0 Å². The van der Waals surface area contributed by atoms with Crippen LogP contribution in [0.25, 0.3) is 0 Å². The van der Waals surface area contributed by atoms with Gasteiger partial charge in [-0.05, 0) is 37.6 Å². The van der Waals surface area contributed by atoms with E-state index in [0.717, 1.165) is 51.4 Å². The van der Waals surface area contributed by atoms with Crippen LogP contribution >= 0.6 is 0 Å². The molecule has 0 spiro atoms. The topological polar surface area (TPSA) is 27.7 Å². The van der Waals surface area contributed by atoms with E-state index in [1.807, 2.05) is 0 Å². The van der Waals surface area contributed by atoms with Crippen molar-refractivity contribution in [3.05, 3.63) is 28.8 Å². The van der Waals surface area contributed by atoms with Gasteiger partial charge in [0.05, 0.1) is 7.11 Å². The summed E-state index contributed by atoms with van der Waals surface area (Å²) in [6.07, 6.45) is 1.14. The van der Waals surface area contributed by atoms with E-state index in [-0.39, 0.29) is 0 Å². The summed E-state index contributed by atoms with van der Waals surface area (Å²) in [5.74, 6) is 1.05. The maximum atomic E-state index is 5.65. The van der Waals surface area contributed by atoms with Crippen LogP contribution in [0.3, 0.4) is 0 Å². The van der Waals surface area contributed by atoms with Gasteiger partial charge < -0.3 is 10.1 Å². The first-order valence-corrected chi connectivity index (χ1v) is 7.99. The molecule has 1 N–H and O–H groups in total. The van der Waals surface area contributed by atoms with Crippen molar-refractivity contribution in [3.8, 4) is 5.75 Å². The average molecular weight is 289 g/mol. The number of methoxy groups -OCH3 is 1. The Morgan fingerprint density at radius 3 is 2.71 bits per heavy atom. The molecule has 3 rings (SSSR count). The minimum Gasteiger partial charge on any atom is -0.496 e. The summed E-state index contributed by atoms with van der Waals surface area (Å²) in [5, 5.41) is 3.41. The third kappa shape index (κ3) is 3.23. The molecule has 0 aromatic heterocycles. The van der Waals surface area contributed by atoms with Gasteiger partial charge in [0.1, 0.15) is 5.75 Å². The molecular weight excluding hydrogens is 262 g/mol. The fourth-order valence-corrected chi connectivity index (χ4v) is 3.38. The standard InChI is InChI=1S/C17H27N3O/c1-13-8-14-9-16(12-20-6-4-18-5-7-20)17(21-3)10-15(14)11-19(13)2/h9-10,13,18H,4-8,11-12H2,1-3H3. The minimum atomic E-state index is 0.623. The first-order valence-electron chi connectivity index (χ1n) is 7.99. The highest BCUT2D eigenvalue weighted by molar-refractivity contribution is 5.44. The van der Waals surface area contributed by atoms with Crippen LogP contribution in [0, 0.1) is 0 Å². The molecule has 2 aliphatic heterocycles. The molecule has 1 atom stereocenters. The molecule has 2 aliphatic rings. The molecule has 1 unspecified atom stereocenters. The lowest BCUT2D eigenvalue weighted by Crippen LogP contribution is -2.43. The van der Waals surface area contributed by atoms with E-state index in [4.69, 9.17) is 4.74 Å². The molecular formula is C17H27N3O. The minimum absolute atomic E-state index is 0.623. The molecule has 1 aromatic rings. The van der Waals surface area contributed by atoms with E-state index < -0.39 is 0 Å². The predicted octanol–water partition coefficient (Wildman–Crippen LogP) is 1.48. The van der Waals surface area contributed by atoms with Crippen molar-refractivity contribution in [2.24, 2.45) is 0 Å². The Morgan fingerprint density at radius 2 is 2.00 bits per heavy atom. The molecule has 0 radical (unpaired) electrons. The second-order valence-corrected chi connectivity index (χ2v) is 6.43. The maximum Gasteiger partial charge on any atom is 0.123 e. The lowest BCUT2D eigenvalue weighted by Gasteiger charge is -2.33. The van der Waals surface area contributed by atoms with Crippen LogP contribution in [0.15, 0.2) is 12.1 Å². The zero-order valence-electron chi connectivity index (χ0n) is 13.5. The van der Waals surface area contributed by atoms with Gasteiger partial charge in [-0.3, -0.25) is 9.80 Å². The van der Waals surface area contributed by atoms with Crippen LogP contribution in [0.5, 0.6) is 5.75 Å². The van der Waals surface area contributed by atoms with Crippen molar-refractivity contribution < 1.29 is 4.74 Å². The summed E-state index contributed by atoms with van der Waals surface area (Å²) in [5.41, 5.74) is 4.28. The molecule has 0 amide bonds. The fraction of sp³-hybridized carbons (Fsp3) is 0.647. The number of nitrogens with one attached hydrogen (secondary N) is 1. The number of nitrogens with zero attached hydrogens (tertiary/aromatic N) is 2. The molecule has 0 saturated carbocycles. The van der Waals surface area contributed by atoms with Crippen LogP contribution in [0.4, 0.5) is 0 Å². The van der Waals surface area contributed by atoms with E-state index in [0.29, 0.717) is 6.04 Å². The summed E-state index contributed by atoms with van der Waals surface area (Å²) in [6, 6.07) is 5.27. The molecule has 116 valence electrons. The Balaban J connectivity index is 1.84. The quantitative estimate of drug-likeness (QED) is 0.912. The average Bonchev–Trinajstić information content (AvgIpc) is 2.49. The molecule has 0 bridgehead atoms. The molecule has 21 heavy (non-hydrogen) atoms. The van der Waals surface area contributed by atoms with E-state index in [9.17, 15) is 0 Å². The van der Waals surface area contributed by atoms with Crippen molar-refractivity contribution >= 4 is 0 Å². The zero-order valence-corrected chi connectivity index (χ0v) is 13.5. The van der Waals surface area contributed by atoms with Gasteiger partial charge in [-0.1, -0.05) is 6.07 Å². The highest BCUT2D eigenvalue weighted by Crippen LogP contribution is 2.30. The van der Waals surface area contributed by atoms with E-state index >= 15 is 0 Å². The predicted molar refractivity (Wildman–Crippen MR) is 85.8 cm³/mol. The Morgan fingerprint density at radius 1 is 1.24 bits per heavy atom. The summed E-state index contributed by atoms with van der Waals surface area (Å²) in [4.78, 5) is 4.93. The number of fused-ring (bicyclic) bond motifs is 1. The number of rotatable bonds is 3. The third-order valence-electron chi connectivity index (χ3n) is 4.89. The van der Waals surface area contributed by atoms with Gasteiger partial charge in [0.2, 0.25) is 0 Å². The molecule has 4 heteroatoms. The van der Waals surface area contributed by atoms with E-state index in [1.165, 1.54) is 16.7 Å². The third-order valence-corrected chi connectivity index (χ3v) is 4.89. The number of piperazine rings is 1. The Labute approximate surface area is 128 Å². The largest absolute Gasteiger partial charge is 0.496 e. The molecule has 1 fully saturated rings. The Hall–Kier alpha value is -1.10. The summed E-state index contributed by atoms with van der Waals surface area (Å²) >= 11 is 0. The monoisotopic (exact) mass is 289 g/mol. The Bertz CT molecular complexity index is 497. The second kappa shape index (κ2) is 6.34. The molecule has 2 heterocycles. The van der Waals surface area contributed by atoms with Crippen LogP contribution in [0.1, 0.15) is 23.6 Å². The molecule has 1 aromatic carbocycles. The first-order chi connectivity index (χ1) is 10.2. The lowest BCUT2D eigenvalue weighted by atomic mass is 9.92. The number of hydrogen-bond donors (Lipinski definition) is 1. The van der Waals surface area contributed by atoms with Crippen molar-refractivity contribution in [1.82, 2.24) is 15.1 Å². The first kappa shape index (κ1) is 14.8. The van der Waals surface area contributed by atoms with Gasteiger partial charge in [0.25, 0.3) is 0 Å². The SMILES string of the molecule is COc1cc2c(cc1CN1CCNCC1)CC(C)N(C)C2. The summed E-state index contributed by atoms with van der Waals surface area (Å²) in [6.45, 7) is 8.77. The molecule has 4 nitrogen and oxygen atoms in total.